The Morgan fingerprint density at radius 3 is 2.94 bits per heavy atom. The summed E-state index contributed by atoms with van der Waals surface area (Å²) in [6, 6.07) is 3.59. The van der Waals surface area contributed by atoms with Crippen molar-refractivity contribution in [1.29, 1.82) is 0 Å². The van der Waals surface area contributed by atoms with Gasteiger partial charge in [0, 0.05) is 50.6 Å². The molecule has 5 nitrogen and oxygen atoms in total. The number of aromatic nitrogens is 1. The maximum atomic E-state index is 10.2. The summed E-state index contributed by atoms with van der Waals surface area (Å²) in [6.45, 7) is 1.76. The van der Waals surface area contributed by atoms with E-state index in [4.69, 9.17) is 10.5 Å². The van der Waals surface area contributed by atoms with Gasteiger partial charge in [-0.05, 0) is 6.07 Å². The van der Waals surface area contributed by atoms with E-state index in [1.807, 2.05) is 6.07 Å². The molecule has 1 aromatic heterocycles. The van der Waals surface area contributed by atoms with Gasteiger partial charge in [-0.2, -0.15) is 0 Å². The Balaban J connectivity index is 1.91. The molecule has 2 heterocycles. The molecule has 2 rings (SSSR count). The van der Waals surface area contributed by atoms with E-state index in [9.17, 15) is 5.11 Å². The summed E-state index contributed by atoms with van der Waals surface area (Å²) >= 11 is 0. The molecule has 5 heteroatoms. The molecule has 1 fully saturated rings. The third-order valence-corrected chi connectivity index (χ3v) is 2.83. The SMILES string of the molecule is Nc1cc(NCC2(O)CCOCC2)ccn1. The van der Waals surface area contributed by atoms with Crippen molar-refractivity contribution in [3.63, 3.8) is 0 Å². The number of nitrogens with one attached hydrogen (secondary N) is 1. The normalized spacial score (nSPS) is 19.3. The Morgan fingerprint density at radius 1 is 1.50 bits per heavy atom. The summed E-state index contributed by atoms with van der Waals surface area (Å²) in [5.41, 5.74) is 5.78. The third kappa shape index (κ3) is 2.84. The highest BCUT2D eigenvalue weighted by Gasteiger charge is 2.29. The Bertz CT molecular complexity index is 351. The number of anilines is 2. The molecule has 0 saturated carbocycles. The topological polar surface area (TPSA) is 80.4 Å². The zero-order chi connectivity index (χ0) is 11.4. The summed E-state index contributed by atoms with van der Waals surface area (Å²) < 4.78 is 5.22. The van der Waals surface area contributed by atoms with Crippen LogP contribution in [-0.4, -0.2) is 35.5 Å². The smallest absolute Gasteiger partial charge is 0.125 e. The minimum absolute atomic E-state index is 0.476. The molecule has 0 bridgehead atoms. The molecule has 0 unspecified atom stereocenters. The molecular weight excluding hydrogens is 206 g/mol. The van der Waals surface area contributed by atoms with Gasteiger partial charge in [-0.25, -0.2) is 4.98 Å². The van der Waals surface area contributed by atoms with Crippen molar-refractivity contribution in [2.24, 2.45) is 0 Å². The first kappa shape index (κ1) is 11.2. The lowest BCUT2D eigenvalue weighted by Gasteiger charge is -2.32. The largest absolute Gasteiger partial charge is 0.388 e. The molecule has 0 aliphatic carbocycles. The van der Waals surface area contributed by atoms with Crippen molar-refractivity contribution < 1.29 is 9.84 Å². The maximum absolute atomic E-state index is 10.2. The van der Waals surface area contributed by atoms with Crippen molar-refractivity contribution in [2.75, 3.05) is 30.8 Å². The molecule has 0 spiro atoms. The molecule has 0 atom stereocenters. The number of pyridine rings is 1. The van der Waals surface area contributed by atoms with Crippen LogP contribution < -0.4 is 11.1 Å². The third-order valence-electron chi connectivity index (χ3n) is 2.83. The summed E-state index contributed by atoms with van der Waals surface area (Å²) in [5, 5.41) is 13.4. The van der Waals surface area contributed by atoms with Crippen molar-refractivity contribution in [3.05, 3.63) is 18.3 Å². The molecule has 1 aliphatic heterocycles. The van der Waals surface area contributed by atoms with Crippen LogP contribution in [-0.2, 0) is 4.74 Å². The summed E-state index contributed by atoms with van der Waals surface area (Å²) in [5.74, 6) is 0.476. The number of hydrogen-bond donors (Lipinski definition) is 3. The number of nitrogens with two attached hydrogens (primary N) is 1. The fourth-order valence-electron chi connectivity index (χ4n) is 1.75. The van der Waals surface area contributed by atoms with Gasteiger partial charge in [-0.1, -0.05) is 0 Å². The van der Waals surface area contributed by atoms with Crippen LogP contribution in [0.5, 0.6) is 0 Å². The Hall–Kier alpha value is -1.33. The van der Waals surface area contributed by atoms with Crippen LogP contribution in [0.4, 0.5) is 11.5 Å². The molecule has 1 aliphatic rings. The molecule has 0 amide bonds. The molecule has 1 aromatic rings. The summed E-state index contributed by atoms with van der Waals surface area (Å²) in [7, 11) is 0. The van der Waals surface area contributed by atoms with Gasteiger partial charge in [0.15, 0.2) is 0 Å². The van der Waals surface area contributed by atoms with Gasteiger partial charge in [0.2, 0.25) is 0 Å². The fourth-order valence-corrected chi connectivity index (χ4v) is 1.75. The Labute approximate surface area is 94.6 Å². The van der Waals surface area contributed by atoms with Crippen molar-refractivity contribution in [1.82, 2.24) is 4.98 Å². The van der Waals surface area contributed by atoms with Crippen LogP contribution in [0.15, 0.2) is 18.3 Å². The van der Waals surface area contributed by atoms with Crippen LogP contribution in [0.2, 0.25) is 0 Å². The minimum atomic E-state index is -0.670. The zero-order valence-electron chi connectivity index (χ0n) is 9.15. The number of rotatable bonds is 3. The summed E-state index contributed by atoms with van der Waals surface area (Å²) in [4.78, 5) is 3.91. The molecular formula is C11H17N3O2. The second kappa shape index (κ2) is 4.67. The van der Waals surface area contributed by atoms with Gasteiger partial charge in [0.25, 0.3) is 0 Å². The first-order chi connectivity index (χ1) is 7.68. The van der Waals surface area contributed by atoms with Gasteiger partial charge in [0.05, 0.1) is 5.60 Å². The second-order valence-corrected chi connectivity index (χ2v) is 4.16. The number of nitrogens with zero attached hydrogens (tertiary/aromatic N) is 1. The van der Waals surface area contributed by atoms with E-state index in [0.29, 0.717) is 38.4 Å². The predicted molar refractivity (Wildman–Crippen MR) is 62.1 cm³/mol. The van der Waals surface area contributed by atoms with Crippen LogP contribution >= 0.6 is 0 Å². The quantitative estimate of drug-likeness (QED) is 0.700. The van der Waals surface area contributed by atoms with Gasteiger partial charge in [0.1, 0.15) is 5.82 Å². The van der Waals surface area contributed by atoms with E-state index in [-0.39, 0.29) is 0 Å². The first-order valence-electron chi connectivity index (χ1n) is 5.44. The van der Waals surface area contributed by atoms with E-state index in [2.05, 4.69) is 10.3 Å². The first-order valence-corrected chi connectivity index (χ1v) is 5.44. The predicted octanol–water partition coefficient (Wildman–Crippen LogP) is 0.617. The molecule has 16 heavy (non-hydrogen) atoms. The van der Waals surface area contributed by atoms with Gasteiger partial charge in [-0.3, -0.25) is 0 Å². The average molecular weight is 223 g/mol. The monoisotopic (exact) mass is 223 g/mol. The average Bonchev–Trinajstić information content (AvgIpc) is 2.28. The highest BCUT2D eigenvalue weighted by Crippen LogP contribution is 2.21. The van der Waals surface area contributed by atoms with Crippen LogP contribution in [0, 0.1) is 0 Å². The summed E-state index contributed by atoms with van der Waals surface area (Å²) in [6.07, 6.45) is 2.98. The fraction of sp³-hybridized carbons (Fsp3) is 0.545. The van der Waals surface area contributed by atoms with E-state index in [1.54, 1.807) is 12.3 Å². The van der Waals surface area contributed by atoms with Gasteiger partial charge in [-0.15, -0.1) is 0 Å². The van der Waals surface area contributed by atoms with Crippen LogP contribution in [0.25, 0.3) is 0 Å². The van der Waals surface area contributed by atoms with Crippen molar-refractivity contribution in [3.8, 4) is 0 Å². The van der Waals surface area contributed by atoms with E-state index in [0.717, 1.165) is 5.69 Å². The van der Waals surface area contributed by atoms with Crippen molar-refractivity contribution in [2.45, 2.75) is 18.4 Å². The molecule has 0 aromatic carbocycles. The van der Waals surface area contributed by atoms with Crippen LogP contribution in [0.3, 0.4) is 0 Å². The number of aliphatic hydroxyl groups is 1. The van der Waals surface area contributed by atoms with E-state index < -0.39 is 5.60 Å². The number of nitrogen functional groups attached to an aromatic ring is 1. The van der Waals surface area contributed by atoms with Crippen molar-refractivity contribution >= 4 is 11.5 Å². The van der Waals surface area contributed by atoms with Crippen LogP contribution in [0.1, 0.15) is 12.8 Å². The molecule has 1 saturated heterocycles. The lowest BCUT2D eigenvalue weighted by atomic mass is 9.94. The van der Waals surface area contributed by atoms with E-state index >= 15 is 0 Å². The molecule has 4 N–H and O–H groups in total. The Kier molecular flexibility index (Phi) is 3.26. The Morgan fingerprint density at radius 2 is 2.25 bits per heavy atom. The standard InChI is InChI=1S/C11H17N3O2/c12-10-7-9(1-4-13-10)14-8-11(15)2-5-16-6-3-11/h1,4,7,15H,2-3,5-6,8H2,(H3,12,13,14). The maximum Gasteiger partial charge on any atom is 0.125 e. The van der Waals surface area contributed by atoms with Gasteiger partial charge >= 0.3 is 0 Å². The second-order valence-electron chi connectivity index (χ2n) is 4.16. The number of ether oxygens (including phenoxy) is 1. The van der Waals surface area contributed by atoms with E-state index in [1.165, 1.54) is 0 Å². The highest BCUT2D eigenvalue weighted by molar-refractivity contribution is 5.49. The minimum Gasteiger partial charge on any atom is -0.388 e. The zero-order valence-corrected chi connectivity index (χ0v) is 9.15. The lowest BCUT2D eigenvalue weighted by Crippen LogP contribution is -2.42. The lowest BCUT2D eigenvalue weighted by molar-refractivity contribution is -0.0543. The number of hydrogen-bond acceptors (Lipinski definition) is 5. The molecule has 88 valence electrons. The van der Waals surface area contributed by atoms with Gasteiger partial charge < -0.3 is 20.9 Å². The highest BCUT2D eigenvalue weighted by atomic mass is 16.5. The molecule has 0 radical (unpaired) electrons.